The molecular weight excluding hydrogens is 410 g/mol. The molecule has 0 aliphatic carbocycles. The molecule has 0 amide bonds. The Morgan fingerprint density at radius 1 is 0.633 bits per heavy atom. The first-order valence-corrected chi connectivity index (χ1v) is 11.3. The molecule has 1 aromatic rings. The molecule has 0 fully saturated rings. The summed E-state index contributed by atoms with van der Waals surface area (Å²) >= 11 is 0. The largest absolute Gasteiger partial charge is 0.454 e. The van der Waals surface area contributed by atoms with Crippen LogP contribution >= 0.6 is 0 Å². The van der Waals surface area contributed by atoms with Crippen molar-refractivity contribution in [3.63, 3.8) is 0 Å². The third-order valence-corrected chi connectivity index (χ3v) is 5.43. The van der Waals surface area contributed by atoms with Crippen molar-refractivity contribution in [3.8, 4) is 0 Å². The minimum absolute atomic E-state index is 0. The van der Waals surface area contributed by atoms with Crippen molar-refractivity contribution in [1.29, 1.82) is 0 Å². The molecule has 0 aromatic carbocycles. The average molecular weight is 463 g/mol. The monoisotopic (exact) mass is 462 g/mol. The van der Waals surface area contributed by atoms with Crippen LogP contribution < -0.4 is 0 Å². The van der Waals surface area contributed by atoms with Gasteiger partial charge in [0.15, 0.2) is 0 Å². The van der Waals surface area contributed by atoms with Gasteiger partial charge in [0, 0.05) is 41.5 Å². The smallest absolute Gasteiger partial charge is 0.0402 e. The molecule has 180 valence electrons. The Kier molecular flexibility index (Phi) is 22.9. The van der Waals surface area contributed by atoms with Crippen LogP contribution in [0, 0.1) is 6.07 Å². The zero-order valence-electron chi connectivity index (χ0n) is 22.1. The number of hydrogen-bond donors (Lipinski definition) is 4. The van der Waals surface area contributed by atoms with Crippen LogP contribution in [0.3, 0.4) is 0 Å². The van der Waals surface area contributed by atoms with E-state index in [4.69, 9.17) is 15.3 Å². The fourth-order valence-electron chi connectivity index (χ4n) is 2.29. The van der Waals surface area contributed by atoms with Crippen molar-refractivity contribution in [2.24, 2.45) is 0 Å². The molecule has 0 bridgehead atoms. The maximum atomic E-state index is 7.57. The van der Waals surface area contributed by atoms with Gasteiger partial charge in [-0.25, -0.2) is 6.07 Å². The maximum absolute atomic E-state index is 7.57. The summed E-state index contributed by atoms with van der Waals surface area (Å²) in [5.41, 5.74) is 4.58. The van der Waals surface area contributed by atoms with E-state index in [0.717, 1.165) is 19.3 Å². The minimum atomic E-state index is 0. The fraction of sp³-hybridized carbons (Fsp3) is 0.840. The van der Waals surface area contributed by atoms with Gasteiger partial charge in [-0.1, -0.05) is 79.8 Å². The Labute approximate surface area is 203 Å². The zero-order chi connectivity index (χ0) is 23.9. The molecule has 0 saturated heterocycles. The minimum Gasteiger partial charge on any atom is -0.454 e. The van der Waals surface area contributed by atoms with Gasteiger partial charge in [-0.3, -0.25) is 0 Å². The summed E-state index contributed by atoms with van der Waals surface area (Å²) < 4.78 is 0. The van der Waals surface area contributed by atoms with E-state index in [1.165, 1.54) is 17.0 Å². The van der Waals surface area contributed by atoms with E-state index in [2.05, 4.69) is 73.4 Å². The second-order valence-electron chi connectivity index (χ2n) is 9.04. The van der Waals surface area contributed by atoms with Crippen LogP contribution in [0.5, 0.6) is 0 Å². The molecule has 0 aliphatic heterocycles. The molecule has 4 N–H and O–H groups in total. The second-order valence-corrected chi connectivity index (χ2v) is 9.04. The topological polar surface area (TPSA) is 76.5 Å². The van der Waals surface area contributed by atoms with Crippen molar-refractivity contribution >= 4 is 0 Å². The molecule has 30 heavy (non-hydrogen) atoms. The summed E-state index contributed by atoms with van der Waals surface area (Å²) in [6, 6.07) is 3.75. The van der Waals surface area contributed by atoms with E-state index < -0.39 is 0 Å². The zero-order valence-corrected chi connectivity index (χ0v) is 23.6. The summed E-state index contributed by atoms with van der Waals surface area (Å²) in [6.07, 6.45) is 3.41. The Balaban J connectivity index is -0.000000289. The Morgan fingerprint density at radius 2 is 0.933 bits per heavy atom. The molecule has 0 aliphatic rings. The molecule has 0 saturated carbocycles. The van der Waals surface area contributed by atoms with Crippen LogP contribution in [0.2, 0.25) is 0 Å². The number of nitrogens with one attached hydrogen (secondary N) is 1. The van der Waals surface area contributed by atoms with E-state index in [0.29, 0.717) is 0 Å². The number of aromatic amines is 1. The van der Waals surface area contributed by atoms with Crippen molar-refractivity contribution in [2.45, 2.75) is 119 Å². The first-order chi connectivity index (χ1) is 13.3. The van der Waals surface area contributed by atoms with Crippen molar-refractivity contribution in [3.05, 3.63) is 23.0 Å². The van der Waals surface area contributed by atoms with Gasteiger partial charge in [0.2, 0.25) is 0 Å². The third-order valence-electron chi connectivity index (χ3n) is 5.43. The Hall–Kier alpha value is -0.126. The SMILES string of the molecule is CCC(C)(C)c1[c-]c(C(C)(C)CC)c(C(C)(C)CC)[nH]1.CCO.CCO.CCO.[Ti]. The van der Waals surface area contributed by atoms with Crippen molar-refractivity contribution < 1.29 is 37.0 Å². The number of aliphatic hydroxyl groups is 3. The summed E-state index contributed by atoms with van der Waals surface area (Å²) in [6.45, 7) is 26.6. The molecule has 1 heterocycles. The van der Waals surface area contributed by atoms with Crippen LogP contribution in [0.25, 0.3) is 0 Å². The number of hydrogen-bond acceptors (Lipinski definition) is 3. The van der Waals surface area contributed by atoms with Gasteiger partial charge in [0.25, 0.3) is 0 Å². The predicted molar refractivity (Wildman–Crippen MR) is 128 cm³/mol. The van der Waals surface area contributed by atoms with Gasteiger partial charge >= 0.3 is 0 Å². The molecule has 1 rings (SSSR count). The molecule has 0 atom stereocenters. The summed E-state index contributed by atoms with van der Waals surface area (Å²) in [4.78, 5) is 3.75. The average Bonchev–Trinajstić information content (AvgIpc) is 3.12. The normalized spacial score (nSPS) is 11.0. The van der Waals surface area contributed by atoms with Gasteiger partial charge in [0.1, 0.15) is 0 Å². The van der Waals surface area contributed by atoms with Crippen molar-refractivity contribution in [1.82, 2.24) is 4.98 Å². The summed E-state index contributed by atoms with van der Waals surface area (Å²) in [5, 5.41) is 22.7. The van der Waals surface area contributed by atoms with Gasteiger partial charge in [0.05, 0.1) is 0 Å². The van der Waals surface area contributed by atoms with Crippen molar-refractivity contribution in [2.75, 3.05) is 19.8 Å². The first-order valence-electron chi connectivity index (χ1n) is 11.3. The van der Waals surface area contributed by atoms with Gasteiger partial charge in [-0.15, -0.1) is 5.69 Å². The molecule has 5 heteroatoms. The van der Waals surface area contributed by atoms with Crippen LogP contribution in [-0.4, -0.2) is 40.1 Å². The number of rotatable bonds is 6. The molecule has 0 unspecified atom stereocenters. The van der Waals surface area contributed by atoms with E-state index >= 15 is 0 Å². The summed E-state index contributed by atoms with van der Waals surface area (Å²) in [7, 11) is 0. The van der Waals surface area contributed by atoms with E-state index in [1.807, 2.05) is 0 Å². The standard InChI is InChI=1S/C19H34N.3C2H6O.Ti/c1-10-17(4,5)14-13-15(18(6,7)11-2)20-16(14)19(8,9)12-3;3*1-2-3;/h20H,10-12H2,1-9H3;3*3H,2H2,1H3;/q-1;;;;. The third kappa shape index (κ3) is 13.3. The van der Waals surface area contributed by atoms with Crippen LogP contribution in [0.4, 0.5) is 0 Å². The molecule has 0 spiro atoms. The number of aromatic nitrogens is 1. The van der Waals surface area contributed by atoms with Gasteiger partial charge in [-0.05, 0) is 44.4 Å². The van der Waals surface area contributed by atoms with Crippen LogP contribution in [-0.2, 0) is 38.0 Å². The quantitative estimate of drug-likeness (QED) is 0.315. The van der Waals surface area contributed by atoms with Gasteiger partial charge in [-0.2, -0.15) is 5.56 Å². The van der Waals surface area contributed by atoms with Crippen LogP contribution in [0.15, 0.2) is 0 Å². The van der Waals surface area contributed by atoms with E-state index in [9.17, 15) is 0 Å². The number of aliphatic hydroxyl groups excluding tert-OH is 3. The molecule has 4 nitrogen and oxygen atoms in total. The van der Waals surface area contributed by atoms with E-state index in [1.54, 1.807) is 20.8 Å². The second kappa shape index (κ2) is 18.4. The molecular formula is C25H52NO3Ti-. The van der Waals surface area contributed by atoms with E-state index in [-0.39, 0.29) is 57.8 Å². The Morgan fingerprint density at radius 3 is 1.20 bits per heavy atom. The Bertz CT molecular complexity index is 470. The summed E-state index contributed by atoms with van der Waals surface area (Å²) in [5.74, 6) is 0. The first kappa shape index (κ1) is 37.2. The molecule has 0 radical (unpaired) electrons. The maximum Gasteiger partial charge on any atom is 0.0402 e. The number of H-pyrrole nitrogens is 1. The van der Waals surface area contributed by atoms with Gasteiger partial charge < -0.3 is 20.3 Å². The predicted octanol–water partition coefficient (Wildman–Crippen LogP) is 5.87. The molecule has 1 aromatic heterocycles. The fourth-order valence-corrected chi connectivity index (χ4v) is 2.29. The van der Waals surface area contributed by atoms with Crippen LogP contribution in [0.1, 0.15) is 119 Å².